The van der Waals surface area contributed by atoms with Gasteiger partial charge in [0.15, 0.2) is 0 Å². The van der Waals surface area contributed by atoms with Crippen molar-refractivity contribution in [3.8, 4) is 17.6 Å². The van der Waals surface area contributed by atoms with Gasteiger partial charge in [-0.25, -0.2) is 0 Å². The number of nitrogens with one attached hydrogen (secondary N) is 2. The predicted octanol–water partition coefficient (Wildman–Crippen LogP) is 5.13. The first-order chi connectivity index (χ1) is 18.9. The Morgan fingerprint density at radius 2 is 1.72 bits per heavy atom. The summed E-state index contributed by atoms with van der Waals surface area (Å²) in [7, 11) is 0. The van der Waals surface area contributed by atoms with Crippen molar-refractivity contribution in [3.63, 3.8) is 0 Å². The second-order valence-electron chi connectivity index (χ2n) is 9.19. The van der Waals surface area contributed by atoms with Gasteiger partial charge in [0.05, 0.1) is 4.92 Å². The van der Waals surface area contributed by atoms with Gasteiger partial charge in [0, 0.05) is 23.7 Å². The topological polar surface area (TPSA) is 122 Å². The van der Waals surface area contributed by atoms with Crippen LogP contribution in [0.2, 0.25) is 0 Å². The van der Waals surface area contributed by atoms with Gasteiger partial charge in [-0.2, -0.15) is 0 Å². The van der Waals surface area contributed by atoms with Crippen LogP contribution in [0.4, 0.5) is 5.69 Å². The van der Waals surface area contributed by atoms with Gasteiger partial charge >= 0.3 is 0 Å². The van der Waals surface area contributed by atoms with Gasteiger partial charge in [0.2, 0.25) is 5.91 Å². The summed E-state index contributed by atoms with van der Waals surface area (Å²) in [5.74, 6) is 4.89. The second-order valence-corrected chi connectivity index (χ2v) is 9.19. The molecule has 0 aliphatic carbocycles. The lowest BCUT2D eigenvalue weighted by molar-refractivity contribution is -0.385. The Hall–Kier alpha value is -4.64. The van der Waals surface area contributed by atoms with Crippen LogP contribution in [0.1, 0.15) is 66.1 Å². The monoisotopic (exact) mass is 527 g/mol. The van der Waals surface area contributed by atoms with E-state index >= 15 is 0 Å². The fourth-order valence-corrected chi connectivity index (χ4v) is 3.97. The van der Waals surface area contributed by atoms with Crippen LogP contribution in [0.5, 0.6) is 5.75 Å². The zero-order valence-electron chi connectivity index (χ0n) is 22.0. The fourth-order valence-electron chi connectivity index (χ4n) is 3.97. The summed E-state index contributed by atoms with van der Waals surface area (Å²) in [6, 6.07) is 19.0. The molecular weight excluding hydrogens is 494 g/mol. The maximum absolute atomic E-state index is 13.2. The molecule has 202 valence electrons. The number of unbranched alkanes of at least 4 members (excludes halogenated alkanes) is 3. The van der Waals surface area contributed by atoms with Crippen LogP contribution in [0.15, 0.2) is 72.8 Å². The van der Waals surface area contributed by atoms with Crippen LogP contribution >= 0.6 is 0 Å². The Balaban J connectivity index is 1.78. The van der Waals surface area contributed by atoms with Crippen molar-refractivity contribution in [2.45, 2.75) is 51.5 Å². The van der Waals surface area contributed by atoms with E-state index in [0.29, 0.717) is 24.9 Å². The van der Waals surface area contributed by atoms with Gasteiger partial charge in [-0.1, -0.05) is 68.4 Å². The van der Waals surface area contributed by atoms with Crippen LogP contribution in [0, 0.1) is 22.0 Å². The Kier molecular flexibility index (Phi) is 11.1. The van der Waals surface area contributed by atoms with E-state index in [9.17, 15) is 24.8 Å². The minimum atomic E-state index is -0.773. The summed E-state index contributed by atoms with van der Waals surface area (Å²) in [6.45, 7) is 2.65. The predicted molar refractivity (Wildman–Crippen MR) is 150 cm³/mol. The van der Waals surface area contributed by atoms with Crippen molar-refractivity contribution in [2.75, 3.05) is 6.54 Å². The van der Waals surface area contributed by atoms with Gasteiger partial charge in [0.1, 0.15) is 17.4 Å². The number of nitro benzene ring substituents is 1. The van der Waals surface area contributed by atoms with Crippen LogP contribution in [-0.4, -0.2) is 34.4 Å². The third-order valence-corrected chi connectivity index (χ3v) is 6.18. The average molecular weight is 528 g/mol. The number of rotatable bonds is 12. The van der Waals surface area contributed by atoms with Gasteiger partial charge in [0.25, 0.3) is 11.6 Å². The summed E-state index contributed by atoms with van der Waals surface area (Å²) in [4.78, 5) is 37.2. The maximum atomic E-state index is 13.2. The van der Waals surface area contributed by atoms with Crippen molar-refractivity contribution >= 4 is 17.5 Å². The number of amides is 2. The smallest absolute Gasteiger partial charge is 0.284 e. The van der Waals surface area contributed by atoms with Crippen LogP contribution < -0.4 is 10.6 Å². The number of hydrogen-bond acceptors (Lipinski definition) is 5. The minimum absolute atomic E-state index is 0.0712. The highest BCUT2D eigenvalue weighted by Crippen LogP contribution is 2.20. The molecular formula is C31H33N3O5. The summed E-state index contributed by atoms with van der Waals surface area (Å²) in [6.07, 6.45) is 5.08. The number of nitro groups is 1. The lowest BCUT2D eigenvalue weighted by Crippen LogP contribution is -2.47. The number of carbonyl (C=O) groups is 2. The summed E-state index contributed by atoms with van der Waals surface area (Å²) >= 11 is 0. The van der Waals surface area contributed by atoms with Crippen molar-refractivity contribution < 1.29 is 19.6 Å². The number of aryl methyl sites for hydroxylation is 1. The molecule has 0 heterocycles. The van der Waals surface area contributed by atoms with Crippen LogP contribution in [0.3, 0.4) is 0 Å². The quantitative estimate of drug-likeness (QED) is 0.131. The van der Waals surface area contributed by atoms with E-state index in [2.05, 4.69) is 29.4 Å². The van der Waals surface area contributed by atoms with Crippen molar-refractivity contribution in [1.82, 2.24) is 10.6 Å². The lowest BCUT2D eigenvalue weighted by atomic mass is 10.0. The third kappa shape index (κ3) is 9.31. The molecule has 2 amide bonds. The summed E-state index contributed by atoms with van der Waals surface area (Å²) in [5, 5.41) is 26.7. The molecule has 0 aliphatic rings. The van der Waals surface area contributed by atoms with Crippen molar-refractivity contribution in [2.24, 2.45) is 0 Å². The average Bonchev–Trinajstić information content (AvgIpc) is 2.95. The van der Waals surface area contributed by atoms with E-state index in [1.165, 1.54) is 30.3 Å². The van der Waals surface area contributed by atoms with Gasteiger partial charge in [-0.3, -0.25) is 19.7 Å². The molecule has 0 aromatic heterocycles. The van der Waals surface area contributed by atoms with Crippen LogP contribution in [0.25, 0.3) is 0 Å². The zero-order valence-corrected chi connectivity index (χ0v) is 22.0. The highest BCUT2D eigenvalue weighted by molar-refractivity contribution is 5.98. The Bertz CT molecular complexity index is 1330. The first kappa shape index (κ1) is 28.9. The molecule has 3 aromatic rings. The SMILES string of the molecule is CCCCCCNC(=O)[C@H](CCc1ccccc1)NC(=O)c1ccc([N+](=O)[O-])c(C#Cc2ccc(O)cc2)c1. The van der Waals surface area contributed by atoms with Crippen LogP contribution in [-0.2, 0) is 11.2 Å². The number of nitrogens with zero attached hydrogens (tertiary/aromatic N) is 1. The van der Waals surface area contributed by atoms with E-state index in [4.69, 9.17) is 0 Å². The highest BCUT2D eigenvalue weighted by Gasteiger charge is 2.23. The molecule has 0 saturated heterocycles. The molecule has 8 heteroatoms. The largest absolute Gasteiger partial charge is 0.508 e. The van der Waals surface area contributed by atoms with Crippen molar-refractivity contribution in [3.05, 3.63) is 105 Å². The van der Waals surface area contributed by atoms with Crippen molar-refractivity contribution in [1.29, 1.82) is 0 Å². The molecule has 0 fully saturated rings. The zero-order chi connectivity index (χ0) is 28.0. The normalized spacial score (nSPS) is 11.1. The van der Waals surface area contributed by atoms with E-state index in [1.807, 2.05) is 30.3 Å². The molecule has 0 saturated carbocycles. The molecule has 0 spiro atoms. The molecule has 3 rings (SSSR count). The highest BCUT2D eigenvalue weighted by atomic mass is 16.6. The number of phenols is 1. The third-order valence-electron chi connectivity index (χ3n) is 6.18. The number of aromatic hydroxyl groups is 1. The Morgan fingerprint density at radius 3 is 2.41 bits per heavy atom. The fraction of sp³-hybridized carbons (Fsp3) is 0.290. The first-order valence-electron chi connectivity index (χ1n) is 13.1. The molecule has 0 aliphatic heterocycles. The molecule has 0 unspecified atom stereocenters. The summed E-state index contributed by atoms with van der Waals surface area (Å²) < 4.78 is 0. The minimum Gasteiger partial charge on any atom is -0.508 e. The lowest BCUT2D eigenvalue weighted by Gasteiger charge is -2.19. The van der Waals surface area contributed by atoms with Gasteiger partial charge in [-0.05, 0) is 61.2 Å². The Labute approximate surface area is 228 Å². The molecule has 39 heavy (non-hydrogen) atoms. The van der Waals surface area contributed by atoms with E-state index in [0.717, 1.165) is 31.2 Å². The maximum Gasteiger partial charge on any atom is 0.284 e. The van der Waals surface area contributed by atoms with Gasteiger partial charge < -0.3 is 15.7 Å². The molecule has 8 nitrogen and oxygen atoms in total. The number of benzene rings is 3. The van der Waals surface area contributed by atoms with E-state index in [1.54, 1.807) is 12.1 Å². The van der Waals surface area contributed by atoms with E-state index in [-0.39, 0.29) is 28.5 Å². The molecule has 1 atom stereocenters. The molecule has 3 aromatic carbocycles. The molecule has 3 N–H and O–H groups in total. The number of hydrogen-bond donors (Lipinski definition) is 3. The number of carbonyl (C=O) groups excluding carboxylic acids is 2. The first-order valence-corrected chi connectivity index (χ1v) is 13.1. The Morgan fingerprint density at radius 1 is 0.974 bits per heavy atom. The number of phenolic OH excluding ortho intramolecular Hbond substituents is 1. The molecule has 0 radical (unpaired) electrons. The van der Waals surface area contributed by atoms with Gasteiger partial charge in [-0.15, -0.1) is 0 Å². The summed E-state index contributed by atoms with van der Waals surface area (Å²) in [5.41, 5.74) is 1.60. The van der Waals surface area contributed by atoms with E-state index < -0.39 is 16.9 Å². The standard InChI is InChI=1S/C31H33N3O5/c1-2-3-4-8-21-32-31(37)28(19-14-23-9-6-5-7-10-23)33-30(36)26-16-20-29(34(38)39)25(22-26)15-11-24-12-17-27(35)18-13-24/h5-7,9-10,12-13,16-18,20,22,28,35H,2-4,8,14,19,21H2,1H3,(H,32,37)(H,33,36)/t28-/m0/s1. The molecule has 0 bridgehead atoms. The second kappa shape index (κ2) is 14.9.